The van der Waals surface area contributed by atoms with E-state index in [1.54, 1.807) is 0 Å². The van der Waals surface area contributed by atoms with Crippen molar-refractivity contribution in [2.24, 2.45) is 7.05 Å². The maximum absolute atomic E-state index is 5.81. The van der Waals surface area contributed by atoms with Crippen LogP contribution in [0.15, 0.2) is 60.8 Å². The molecule has 0 N–H and O–H groups in total. The van der Waals surface area contributed by atoms with Crippen molar-refractivity contribution in [3.63, 3.8) is 0 Å². The molecular formula is C16H15NO. The van der Waals surface area contributed by atoms with Gasteiger partial charge in [0, 0.05) is 19.3 Å². The Labute approximate surface area is 106 Å². The Morgan fingerprint density at radius 3 is 2.67 bits per heavy atom. The van der Waals surface area contributed by atoms with Crippen molar-refractivity contribution < 1.29 is 4.74 Å². The lowest BCUT2D eigenvalue weighted by molar-refractivity contribution is 0.306. The molecule has 0 atom stereocenters. The van der Waals surface area contributed by atoms with Gasteiger partial charge in [0.05, 0.1) is 5.52 Å². The molecule has 0 aliphatic rings. The van der Waals surface area contributed by atoms with E-state index in [4.69, 9.17) is 4.74 Å². The van der Waals surface area contributed by atoms with Crippen molar-refractivity contribution in [1.29, 1.82) is 0 Å². The van der Waals surface area contributed by atoms with Crippen LogP contribution in [-0.4, -0.2) is 4.57 Å². The van der Waals surface area contributed by atoms with E-state index in [2.05, 4.69) is 41.1 Å². The van der Waals surface area contributed by atoms with Gasteiger partial charge in [-0.2, -0.15) is 0 Å². The molecule has 0 amide bonds. The number of benzene rings is 2. The van der Waals surface area contributed by atoms with Crippen molar-refractivity contribution >= 4 is 10.9 Å². The Bertz CT molecular complexity index is 655. The first-order chi connectivity index (χ1) is 8.83. The van der Waals surface area contributed by atoms with Crippen LogP contribution in [0.4, 0.5) is 0 Å². The highest BCUT2D eigenvalue weighted by Gasteiger charge is 2.01. The molecule has 0 unspecified atom stereocenters. The second-order valence-corrected chi connectivity index (χ2v) is 4.42. The molecular weight excluding hydrogens is 222 g/mol. The lowest BCUT2D eigenvalue weighted by atomic mass is 10.2. The van der Waals surface area contributed by atoms with Crippen LogP contribution in [-0.2, 0) is 13.7 Å². The zero-order chi connectivity index (χ0) is 12.4. The molecule has 18 heavy (non-hydrogen) atoms. The second kappa shape index (κ2) is 4.57. The van der Waals surface area contributed by atoms with Crippen LogP contribution in [0, 0.1) is 0 Å². The van der Waals surface area contributed by atoms with Gasteiger partial charge in [-0.15, -0.1) is 0 Å². The monoisotopic (exact) mass is 237 g/mol. The summed E-state index contributed by atoms with van der Waals surface area (Å²) in [4.78, 5) is 0. The van der Waals surface area contributed by atoms with E-state index in [0.29, 0.717) is 6.61 Å². The zero-order valence-electron chi connectivity index (χ0n) is 10.3. The first-order valence-electron chi connectivity index (χ1n) is 6.05. The molecule has 0 aliphatic carbocycles. The minimum absolute atomic E-state index is 0.608. The zero-order valence-corrected chi connectivity index (χ0v) is 10.3. The van der Waals surface area contributed by atoms with Crippen molar-refractivity contribution in [2.75, 3.05) is 0 Å². The van der Waals surface area contributed by atoms with Gasteiger partial charge in [-0.1, -0.05) is 30.3 Å². The fourth-order valence-corrected chi connectivity index (χ4v) is 2.07. The molecule has 2 heteroatoms. The number of hydrogen-bond donors (Lipinski definition) is 0. The van der Waals surface area contributed by atoms with E-state index in [0.717, 1.165) is 5.75 Å². The first-order valence-corrected chi connectivity index (χ1v) is 6.05. The maximum atomic E-state index is 5.81. The van der Waals surface area contributed by atoms with Gasteiger partial charge in [0.15, 0.2) is 0 Å². The predicted molar refractivity (Wildman–Crippen MR) is 73.7 cm³/mol. The highest BCUT2D eigenvalue weighted by atomic mass is 16.5. The summed E-state index contributed by atoms with van der Waals surface area (Å²) in [5.41, 5.74) is 2.38. The summed E-state index contributed by atoms with van der Waals surface area (Å²) in [6.07, 6.45) is 2.06. The SMILES string of the molecule is Cn1ccc2ccc(OCc3ccccc3)cc21. The summed E-state index contributed by atoms with van der Waals surface area (Å²) in [6.45, 7) is 0.608. The molecule has 3 aromatic rings. The quantitative estimate of drug-likeness (QED) is 0.676. The molecule has 2 nitrogen and oxygen atoms in total. The van der Waals surface area contributed by atoms with Gasteiger partial charge in [0.1, 0.15) is 12.4 Å². The second-order valence-electron chi connectivity index (χ2n) is 4.42. The third kappa shape index (κ3) is 2.09. The molecule has 1 aromatic heterocycles. The Balaban J connectivity index is 1.80. The Morgan fingerprint density at radius 1 is 1.00 bits per heavy atom. The molecule has 3 rings (SSSR count). The normalized spacial score (nSPS) is 10.7. The van der Waals surface area contributed by atoms with Crippen LogP contribution < -0.4 is 4.74 Å². The maximum Gasteiger partial charge on any atom is 0.121 e. The molecule has 0 spiro atoms. The molecule has 0 saturated carbocycles. The summed E-state index contributed by atoms with van der Waals surface area (Å²) < 4.78 is 7.91. The molecule has 2 aromatic carbocycles. The van der Waals surface area contributed by atoms with Crippen molar-refractivity contribution in [3.8, 4) is 5.75 Å². The fourth-order valence-electron chi connectivity index (χ4n) is 2.07. The molecule has 1 heterocycles. The summed E-state index contributed by atoms with van der Waals surface area (Å²) >= 11 is 0. The Morgan fingerprint density at radius 2 is 1.83 bits per heavy atom. The van der Waals surface area contributed by atoms with Crippen LogP contribution in [0.25, 0.3) is 10.9 Å². The minimum Gasteiger partial charge on any atom is -0.489 e. The number of rotatable bonds is 3. The molecule has 0 radical (unpaired) electrons. The number of fused-ring (bicyclic) bond motifs is 1. The van der Waals surface area contributed by atoms with Crippen LogP contribution >= 0.6 is 0 Å². The van der Waals surface area contributed by atoms with E-state index in [9.17, 15) is 0 Å². The smallest absolute Gasteiger partial charge is 0.121 e. The predicted octanol–water partition coefficient (Wildman–Crippen LogP) is 3.76. The lowest BCUT2D eigenvalue weighted by Gasteiger charge is -2.07. The van der Waals surface area contributed by atoms with E-state index in [1.807, 2.05) is 31.3 Å². The van der Waals surface area contributed by atoms with Gasteiger partial charge < -0.3 is 9.30 Å². The Hall–Kier alpha value is -2.22. The van der Waals surface area contributed by atoms with Crippen LogP contribution in [0.2, 0.25) is 0 Å². The summed E-state index contributed by atoms with van der Waals surface area (Å²) in [5, 5.41) is 1.24. The van der Waals surface area contributed by atoms with E-state index < -0.39 is 0 Å². The molecule has 0 fully saturated rings. The largest absolute Gasteiger partial charge is 0.489 e. The molecule has 0 aliphatic heterocycles. The van der Waals surface area contributed by atoms with Crippen LogP contribution in [0.1, 0.15) is 5.56 Å². The fraction of sp³-hybridized carbons (Fsp3) is 0.125. The highest BCUT2D eigenvalue weighted by Crippen LogP contribution is 2.22. The third-order valence-corrected chi connectivity index (χ3v) is 3.11. The molecule has 0 bridgehead atoms. The van der Waals surface area contributed by atoms with Crippen LogP contribution in [0.3, 0.4) is 0 Å². The average Bonchev–Trinajstić information content (AvgIpc) is 2.79. The number of hydrogen-bond acceptors (Lipinski definition) is 1. The number of ether oxygens (including phenoxy) is 1. The number of aryl methyl sites for hydroxylation is 1. The average molecular weight is 237 g/mol. The van der Waals surface area contributed by atoms with Gasteiger partial charge in [0.2, 0.25) is 0 Å². The van der Waals surface area contributed by atoms with Gasteiger partial charge in [-0.25, -0.2) is 0 Å². The topological polar surface area (TPSA) is 14.2 Å². The molecule has 0 saturated heterocycles. The van der Waals surface area contributed by atoms with Crippen molar-refractivity contribution in [3.05, 3.63) is 66.4 Å². The highest BCUT2D eigenvalue weighted by molar-refractivity contribution is 5.81. The van der Waals surface area contributed by atoms with Gasteiger partial charge in [0.25, 0.3) is 0 Å². The summed E-state index contributed by atoms with van der Waals surface area (Å²) in [6, 6.07) is 18.5. The van der Waals surface area contributed by atoms with Gasteiger partial charge in [-0.3, -0.25) is 0 Å². The van der Waals surface area contributed by atoms with Gasteiger partial charge >= 0.3 is 0 Å². The van der Waals surface area contributed by atoms with Crippen molar-refractivity contribution in [1.82, 2.24) is 4.57 Å². The van der Waals surface area contributed by atoms with E-state index in [-0.39, 0.29) is 0 Å². The number of nitrogens with zero attached hydrogens (tertiary/aromatic N) is 1. The summed E-state index contributed by atoms with van der Waals surface area (Å²) in [7, 11) is 2.04. The number of aromatic nitrogens is 1. The van der Waals surface area contributed by atoms with Crippen LogP contribution in [0.5, 0.6) is 5.75 Å². The van der Waals surface area contributed by atoms with Gasteiger partial charge in [-0.05, 0) is 29.1 Å². The van der Waals surface area contributed by atoms with E-state index in [1.165, 1.54) is 16.5 Å². The standard InChI is InChI=1S/C16H15NO/c1-17-10-9-14-7-8-15(11-16(14)17)18-12-13-5-3-2-4-6-13/h2-11H,12H2,1H3. The third-order valence-electron chi connectivity index (χ3n) is 3.11. The first kappa shape index (κ1) is 10.9. The van der Waals surface area contributed by atoms with E-state index >= 15 is 0 Å². The minimum atomic E-state index is 0.608. The summed E-state index contributed by atoms with van der Waals surface area (Å²) in [5.74, 6) is 0.910. The van der Waals surface area contributed by atoms with Crippen molar-refractivity contribution in [2.45, 2.75) is 6.61 Å². The lowest BCUT2D eigenvalue weighted by Crippen LogP contribution is -1.95. The molecule has 90 valence electrons. The Kier molecular flexibility index (Phi) is 2.77.